The third-order valence-corrected chi connectivity index (χ3v) is 5.44. The number of carbonyl (C=O) groups is 2. The van der Waals surface area contributed by atoms with Crippen LogP contribution in [0.1, 0.15) is 20.8 Å². The average molecular weight is 460 g/mol. The number of ether oxygens (including phenoxy) is 1. The molecule has 1 aromatic heterocycles. The van der Waals surface area contributed by atoms with E-state index >= 15 is 0 Å². The van der Waals surface area contributed by atoms with E-state index in [1.807, 2.05) is 13.8 Å². The highest BCUT2D eigenvalue weighted by Gasteiger charge is 2.29. The molecule has 1 atom stereocenters. The van der Waals surface area contributed by atoms with Crippen LogP contribution < -0.4 is 15.4 Å². The molecular weight excluding hydrogens is 426 g/mol. The molecule has 3 rings (SSSR count). The Hall–Kier alpha value is -2.95. The number of nitrogens with one attached hydrogen (secondary N) is 2. The molecule has 33 heavy (non-hydrogen) atoms. The van der Waals surface area contributed by atoms with Crippen LogP contribution in [0.3, 0.4) is 0 Å². The number of rotatable bonds is 10. The van der Waals surface area contributed by atoms with Gasteiger partial charge < -0.3 is 24.9 Å². The Bertz CT molecular complexity index is 939. The second kappa shape index (κ2) is 10.8. The van der Waals surface area contributed by atoms with Gasteiger partial charge in [-0.05, 0) is 32.9 Å². The van der Waals surface area contributed by atoms with Gasteiger partial charge in [0, 0.05) is 50.0 Å². The Kier molecular flexibility index (Phi) is 8.06. The Labute approximate surface area is 193 Å². The number of nitrogens with zero attached hydrogens (tertiary/aromatic N) is 3. The van der Waals surface area contributed by atoms with Crippen LogP contribution in [0.2, 0.25) is 0 Å². The standard InChI is InChI=1S/C23H33N5O5/c1-16(29)13-27-7-9-28(10-8-27)14-23(2,3)26-22(31)21(30)25-17-5-6-18(19(11-17)32-4)20-12-24-15-33-20/h5-6,11-12,15,21,25,30H,7-10,13-14H2,1-4H3,(H,26,31). The van der Waals surface area contributed by atoms with Gasteiger partial charge in [-0.3, -0.25) is 19.4 Å². The Morgan fingerprint density at radius 1 is 1.24 bits per heavy atom. The molecule has 1 unspecified atom stereocenters. The summed E-state index contributed by atoms with van der Waals surface area (Å²) in [6.45, 7) is 9.86. The Balaban J connectivity index is 1.53. The molecule has 3 N–H and O–H groups in total. The van der Waals surface area contributed by atoms with Crippen LogP contribution in [0.15, 0.2) is 35.2 Å². The van der Waals surface area contributed by atoms with Crippen LogP contribution >= 0.6 is 0 Å². The fourth-order valence-corrected chi connectivity index (χ4v) is 3.98. The zero-order valence-electron chi connectivity index (χ0n) is 19.6. The van der Waals surface area contributed by atoms with Crippen LogP contribution in [0, 0.1) is 0 Å². The molecular formula is C23H33N5O5. The van der Waals surface area contributed by atoms with Crippen LogP contribution in [0.25, 0.3) is 11.3 Å². The van der Waals surface area contributed by atoms with Gasteiger partial charge in [0.1, 0.15) is 11.5 Å². The lowest BCUT2D eigenvalue weighted by Crippen LogP contribution is -2.58. The first-order chi connectivity index (χ1) is 15.7. The van der Waals surface area contributed by atoms with Gasteiger partial charge in [0.05, 0.1) is 25.4 Å². The zero-order chi connectivity index (χ0) is 24.0. The molecule has 0 bridgehead atoms. The van der Waals surface area contributed by atoms with E-state index in [0.717, 1.165) is 26.2 Å². The number of hydrogen-bond acceptors (Lipinski definition) is 9. The lowest BCUT2D eigenvalue weighted by Gasteiger charge is -2.39. The van der Waals surface area contributed by atoms with Crippen LogP contribution in [-0.4, -0.2) is 89.7 Å². The molecule has 180 valence electrons. The van der Waals surface area contributed by atoms with Gasteiger partial charge in [-0.25, -0.2) is 4.98 Å². The number of Topliss-reactive ketones (excluding diaryl/α,β-unsaturated/α-hetero) is 1. The van der Waals surface area contributed by atoms with Crippen LogP contribution in [-0.2, 0) is 9.59 Å². The highest BCUT2D eigenvalue weighted by Crippen LogP contribution is 2.32. The predicted octanol–water partition coefficient (Wildman–Crippen LogP) is 1.18. The molecule has 10 nitrogen and oxygen atoms in total. The van der Waals surface area contributed by atoms with Gasteiger partial charge in [-0.2, -0.15) is 0 Å². The fourth-order valence-electron chi connectivity index (χ4n) is 3.98. The summed E-state index contributed by atoms with van der Waals surface area (Å²) in [6.07, 6.45) is 1.49. The molecule has 1 amide bonds. The van der Waals surface area contributed by atoms with E-state index in [-0.39, 0.29) is 5.78 Å². The summed E-state index contributed by atoms with van der Waals surface area (Å²) < 4.78 is 10.7. The molecule has 0 saturated carbocycles. The summed E-state index contributed by atoms with van der Waals surface area (Å²) in [4.78, 5) is 32.2. The van der Waals surface area contributed by atoms with Crippen molar-refractivity contribution in [3.05, 3.63) is 30.8 Å². The van der Waals surface area contributed by atoms with Crippen molar-refractivity contribution in [3.8, 4) is 17.1 Å². The second-order valence-electron chi connectivity index (χ2n) is 8.96. The molecule has 1 aliphatic rings. The smallest absolute Gasteiger partial charge is 0.270 e. The number of amides is 1. The van der Waals surface area contributed by atoms with Gasteiger partial charge in [0.15, 0.2) is 12.2 Å². The SMILES string of the molecule is COc1cc(NC(O)C(=O)NC(C)(C)CN2CCN(CC(C)=O)CC2)ccc1-c1cnco1. The van der Waals surface area contributed by atoms with Crippen molar-refractivity contribution in [1.29, 1.82) is 0 Å². The second-order valence-corrected chi connectivity index (χ2v) is 8.96. The van der Waals surface area contributed by atoms with Crippen molar-refractivity contribution < 1.29 is 23.8 Å². The van der Waals surface area contributed by atoms with Gasteiger partial charge >= 0.3 is 0 Å². The van der Waals surface area contributed by atoms with E-state index in [1.165, 1.54) is 13.5 Å². The van der Waals surface area contributed by atoms with E-state index in [4.69, 9.17) is 9.15 Å². The Morgan fingerprint density at radius 3 is 2.55 bits per heavy atom. The maximum Gasteiger partial charge on any atom is 0.270 e. The maximum absolute atomic E-state index is 12.6. The number of benzene rings is 1. The van der Waals surface area contributed by atoms with E-state index in [9.17, 15) is 14.7 Å². The number of ketones is 1. The van der Waals surface area contributed by atoms with Gasteiger partial charge in [-0.1, -0.05) is 0 Å². The van der Waals surface area contributed by atoms with Gasteiger partial charge in [0.25, 0.3) is 5.91 Å². The molecule has 1 fully saturated rings. The number of oxazole rings is 1. The first-order valence-corrected chi connectivity index (χ1v) is 10.9. The number of aliphatic hydroxyl groups is 1. The molecule has 10 heteroatoms. The van der Waals surface area contributed by atoms with E-state index in [1.54, 1.807) is 31.3 Å². The van der Waals surface area contributed by atoms with Crippen molar-refractivity contribution in [2.24, 2.45) is 0 Å². The molecule has 0 radical (unpaired) electrons. The molecule has 0 spiro atoms. The minimum Gasteiger partial charge on any atom is -0.496 e. The summed E-state index contributed by atoms with van der Waals surface area (Å²) in [6, 6.07) is 5.17. The summed E-state index contributed by atoms with van der Waals surface area (Å²) in [5, 5.41) is 16.1. The summed E-state index contributed by atoms with van der Waals surface area (Å²) in [7, 11) is 1.53. The number of anilines is 1. The number of carbonyl (C=O) groups excluding carboxylic acids is 2. The molecule has 1 aliphatic heterocycles. The molecule has 1 aromatic carbocycles. The summed E-state index contributed by atoms with van der Waals surface area (Å²) >= 11 is 0. The van der Waals surface area contributed by atoms with Gasteiger partial charge in [-0.15, -0.1) is 0 Å². The quantitative estimate of drug-likeness (QED) is 0.450. The van der Waals surface area contributed by atoms with E-state index in [2.05, 4.69) is 25.4 Å². The number of methoxy groups -OCH3 is 1. The average Bonchev–Trinajstić information content (AvgIpc) is 3.28. The first kappa shape index (κ1) is 24.7. The lowest BCUT2D eigenvalue weighted by molar-refractivity contribution is -0.130. The van der Waals surface area contributed by atoms with Crippen LogP contribution in [0.5, 0.6) is 5.75 Å². The fraction of sp³-hybridized carbons (Fsp3) is 0.522. The molecule has 0 aliphatic carbocycles. The van der Waals surface area contributed by atoms with Gasteiger partial charge in [0.2, 0.25) is 6.23 Å². The van der Waals surface area contributed by atoms with Crippen molar-refractivity contribution >= 4 is 17.4 Å². The summed E-state index contributed by atoms with van der Waals surface area (Å²) in [5.41, 5.74) is 0.692. The maximum atomic E-state index is 12.6. The van der Waals surface area contributed by atoms with Crippen molar-refractivity contribution in [1.82, 2.24) is 20.1 Å². The minimum absolute atomic E-state index is 0.169. The minimum atomic E-state index is -1.43. The number of piperazine rings is 1. The largest absolute Gasteiger partial charge is 0.496 e. The predicted molar refractivity (Wildman–Crippen MR) is 124 cm³/mol. The topological polar surface area (TPSA) is 120 Å². The van der Waals surface area contributed by atoms with Crippen molar-refractivity contribution in [2.75, 3.05) is 51.7 Å². The lowest BCUT2D eigenvalue weighted by atomic mass is 10.0. The highest BCUT2D eigenvalue weighted by atomic mass is 16.5. The monoisotopic (exact) mass is 459 g/mol. The molecule has 2 aromatic rings. The third-order valence-electron chi connectivity index (χ3n) is 5.44. The van der Waals surface area contributed by atoms with Crippen molar-refractivity contribution in [3.63, 3.8) is 0 Å². The zero-order valence-corrected chi connectivity index (χ0v) is 19.6. The highest BCUT2D eigenvalue weighted by molar-refractivity contribution is 5.84. The van der Waals surface area contributed by atoms with E-state index in [0.29, 0.717) is 35.9 Å². The van der Waals surface area contributed by atoms with Crippen molar-refractivity contribution in [2.45, 2.75) is 32.5 Å². The molecule has 2 heterocycles. The third kappa shape index (κ3) is 7.01. The summed E-state index contributed by atoms with van der Waals surface area (Å²) in [5.74, 6) is 0.727. The van der Waals surface area contributed by atoms with Crippen LogP contribution in [0.4, 0.5) is 5.69 Å². The number of aromatic nitrogens is 1. The first-order valence-electron chi connectivity index (χ1n) is 10.9. The van der Waals surface area contributed by atoms with E-state index < -0.39 is 17.7 Å². The number of hydrogen-bond donors (Lipinski definition) is 3. The normalized spacial score (nSPS) is 16.3. The number of aliphatic hydroxyl groups excluding tert-OH is 1. The molecule has 1 saturated heterocycles. The Morgan fingerprint density at radius 2 is 1.94 bits per heavy atom.